The standard InChI is InChI=1S/C7H13N3OS/c1-2-3-11-5-6(8)7-4-9-12-10-7/h4,6H,2-3,5,8H2,1H3. The van der Waals surface area contributed by atoms with Gasteiger partial charge in [0.05, 0.1) is 36.3 Å². The predicted molar refractivity (Wildman–Crippen MR) is 47.9 cm³/mol. The molecule has 1 unspecified atom stereocenters. The summed E-state index contributed by atoms with van der Waals surface area (Å²) >= 11 is 1.17. The second-order valence-electron chi connectivity index (χ2n) is 2.51. The van der Waals surface area contributed by atoms with Gasteiger partial charge in [-0.25, -0.2) is 0 Å². The van der Waals surface area contributed by atoms with Crippen LogP contribution in [0.15, 0.2) is 6.20 Å². The first-order valence-electron chi connectivity index (χ1n) is 3.95. The molecule has 1 atom stereocenters. The van der Waals surface area contributed by atoms with Crippen molar-refractivity contribution in [2.24, 2.45) is 5.73 Å². The molecule has 12 heavy (non-hydrogen) atoms. The molecule has 0 fully saturated rings. The lowest BCUT2D eigenvalue weighted by Crippen LogP contribution is -2.17. The summed E-state index contributed by atoms with van der Waals surface area (Å²) < 4.78 is 13.2. The summed E-state index contributed by atoms with van der Waals surface area (Å²) in [6.45, 7) is 3.35. The van der Waals surface area contributed by atoms with Gasteiger partial charge >= 0.3 is 0 Å². The van der Waals surface area contributed by atoms with Crippen molar-refractivity contribution in [3.8, 4) is 0 Å². The van der Waals surface area contributed by atoms with Crippen LogP contribution < -0.4 is 5.73 Å². The van der Waals surface area contributed by atoms with Crippen LogP contribution in [0.25, 0.3) is 0 Å². The molecular formula is C7H13N3OS. The Hall–Kier alpha value is -0.520. The average Bonchev–Trinajstić information content (AvgIpc) is 2.56. The fraction of sp³-hybridized carbons (Fsp3) is 0.714. The van der Waals surface area contributed by atoms with E-state index in [9.17, 15) is 0 Å². The van der Waals surface area contributed by atoms with Gasteiger partial charge in [0.15, 0.2) is 0 Å². The van der Waals surface area contributed by atoms with Gasteiger partial charge in [0.1, 0.15) is 0 Å². The first kappa shape index (κ1) is 9.57. The van der Waals surface area contributed by atoms with E-state index in [0.29, 0.717) is 6.61 Å². The van der Waals surface area contributed by atoms with Crippen LogP contribution >= 0.6 is 11.7 Å². The molecule has 0 aromatic carbocycles. The van der Waals surface area contributed by atoms with Crippen LogP contribution in [0.3, 0.4) is 0 Å². The van der Waals surface area contributed by atoms with Crippen LogP contribution in [0, 0.1) is 0 Å². The lowest BCUT2D eigenvalue weighted by atomic mass is 10.2. The number of nitrogens with zero attached hydrogens (tertiary/aromatic N) is 2. The molecule has 5 heteroatoms. The topological polar surface area (TPSA) is 61.0 Å². The zero-order valence-corrected chi connectivity index (χ0v) is 7.88. The van der Waals surface area contributed by atoms with Gasteiger partial charge in [-0.3, -0.25) is 0 Å². The number of ether oxygens (including phenoxy) is 1. The molecular weight excluding hydrogens is 174 g/mol. The van der Waals surface area contributed by atoms with E-state index in [-0.39, 0.29) is 6.04 Å². The summed E-state index contributed by atoms with van der Waals surface area (Å²) in [4.78, 5) is 0. The van der Waals surface area contributed by atoms with Crippen molar-refractivity contribution in [2.75, 3.05) is 13.2 Å². The molecule has 2 N–H and O–H groups in total. The van der Waals surface area contributed by atoms with Gasteiger partial charge < -0.3 is 10.5 Å². The summed E-state index contributed by atoms with van der Waals surface area (Å²) in [5.74, 6) is 0. The maximum absolute atomic E-state index is 5.76. The molecule has 1 aromatic rings. The third-order valence-electron chi connectivity index (χ3n) is 1.40. The Morgan fingerprint density at radius 2 is 2.58 bits per heavy atom. The Labute approximate surface area is 76.1 Å². The van der Waals surface area contributed by atoms with Crippen molar-refractivity contribution < 1.29 is 4.74 Å². The van der Waals surface area contributed by atoms with Crippen molar-refractivity contribution in [1.29, 1.82) is 0 Å². The van der Waals surface area contributed by atoms with Crippen molar-refractivity contribution in [2.45, 2.75) is 19.4 Å². The zero-order chi connectivity index (χ0) is 8.81. The molecule has 0 radical (unpaired) electrons. The second-order valence-corrected chi connectivity index (χ2v) is 3.07. The highest BCUT2D eigenvalue weighted by Crippen LogP contribution is 2.06. The van der Waals surface area contributed by atoms with Crippen LogP contribution in [-0.4, -0.2) is 22.0 Å². The monoisotopic (exact) mass is 187 g/mol. The van der Waals surface area contributed by atoms with Crippen molar-refractivity contribution in [1.82, 2.24) is 8.75 Å². The predicted octanol–water partition coefficient (Wildman–Crippen LogP) is 0.964. The maximum Gasteiger partial charge on any atom is 0.0933 e. The average molecular weight is 187 g/mol. The Morgan fingerprint density at radius 3 is 3.17 bits per heavy atom. The number of hydrogen-bond acceptors (Lipinski definition) is 5. The molecule has 0 aliphatic carbocycles. The highest BCUT2D eigenvalue weighted by Gasteiger charge is 2.07. The van der Waals surface area contributed by atoms with E-state index >= 15 is 0 Å². The van der Waals surface area contributed by atoms with E-state index in [1.54, 1.807) is 6.20 Å². The van der Waals surface area contributed by atoms with Crippen molar-refractivity contribution >= 4 is 11.7 Å². The third kappa shape index (κ3) is 2.84. The minimum Gasteiger partial charge on any atom is -0.379 e. The number of rotatable bonds is 5. The molecule has 1 aromatic heterocycles. The van der Waals surface area contributed by atoms with E-state index in [1.165, 1.54) is 11.7 Å². The van der Waals surface area contributed by atoms with E-state index < -0.39 is 0 Å². The van der Waals surface area contributed by atoms with Crippen LogP contribution in [0.2, 0.25) is 0 Å². The van der Waals surface area contributed by atoms with Gasteiger partial charge in [-0.15, -0.1) is 0 Å². The molecule has 4 nitrogen and oxygen atoms in total. The minimum absolute atomic E-state index is 0.129. The summed E-state index contributed by atoms with van der Waals surface area (Å²) in [6, 6.07) is -0.129. The molecule has 0 aliphatic heterocycles. The van der Waals surface area contributed by atoms with Gasteiger partial charge in [0, 0.05) is 6.61 Å². The zero-order valence-electron chi connectivity index (χ0n) is 7.06. The van der Waals surface area contributed by atoms with E-state index in [1.807, 2.05) is 0 Å². The molecule has 0 bridgehead atoms. The molecule has 1 heterocycles. The van der Waals surface area contributed by atoms with E-state index in [0.717, 1.165) is 18.7 Å². The highest BCUT2D eigenvalue weighted by atomic mass is 32.1. The fourth-order valence-corrected chi connectivity index (χ4v) is 1.25. The fourth-order valence-electron chi connectivity index (χ4n) is 0.775. The number of aromatic nitrogens is 2. The third-order valence-corrected chi connectivity index (χ3v) is 1.90. The van der Waals surface area contributed by atoms with Crippen LogP contribution in [-0.2, 0) is 4.74 Å². The van der Waals surface area contributed by atoms with Crippen molar-refractivity contribution in [3.05, 3.63) is 11.9 Å². The summed E-state index contributed by atoms with van der Waals surface area (Å²) in [5, 5.41) is 0. The van der Waals surface area contributed by atoms with E-state index in [4.69, 9.17) is 10.5 Å². The molecule has 68 valence electrons. The smallest absolute Gasteiger partial charge is 0.0933 e. The molecule has 0 amide bonds. The molecule has 0 aliphatic rings. The summed E-state index contributed by atoms with van der Waals surface area (Å²) in [6.07, 6.45) is 2.70. The normalized spacial score (nSPS) is 13.2. The largest absolute Gasteiger partial charge is 0.379 e. The maximum atomic E-state index is 5.76. The minimum atomic E-state index is -0.129. The van der Waals surface area contributed by atoms with Gasteiger partial charge in [0.2, 0.25) is 0 Å². The Bertz CT molecular complexity index is 202. The van der Waals surface area contributed by atoms with Crippen LogP contribution in [0.4, 0.5) is 0 Å². The quantitative estimate of drug-likeness (QED) is 0.698. The molecule has 1 rings (SSSR count). The summed E-state index contributed by atoms with van der Waals surface area (Å²) in [5.41, 5.74) is 6.58. The summed E-state index contributed by atoms with van der Waals surface area (Å²) in [7, 11) is 0. The van der Waals surface area contributed by atoms with Crippen LogP contribution in [0.5, 0.6) is 0 Å². The van der Waals surface area contributed by atoms with E-state index in [2.05, 4.69) is 15.7 Å². The SMILES string of the molecule is CCCOCC(N)c1cnsn1. The number of hydrogen-bond donors (Lipinski definition) is 1. The van der Waals surface area contributed by atoms with Gasteiger partial charge in [0.25, 0.3) is 0 Å². The lowest BCUT2D eigenvalue weighted by Gasteiger charge is -2.07. The molecule has 0 spiro atoms. The molecule has 0 saturated heterocycles. The highest BCUT2D eigenvalue weighted by molar-refractivity contribution is 6.99. The van der Waals surface area contributed by atoms with Gasteiger partial charge in [-0.05, 0) is 6.42 Å². The van der Waals surface area contributed by atoms with Gasteiger partial charge in [-0.1, -0.05) is 6.92 Å². The Morgan fingerprint density at radius 1 is 1.75 bits per heavy atom. The lowest BCUT2D eigenvalue weighted by molar-refractivity contribution is 0.121. The Balaban J connectivity index is 2.25. The number of nitrogens with two attached hydrogens (primary N) is 1. The molecule has 0 saturated carbocycles. The Kier molecular flexibility index (Phi) is 4.13. The van der Waals surface area contributed by atoms with Crippen LogP contribution in [0.1, 0.15) is 25.1 Å². The van der Waals surface area contributed by atoms with Crippen molar-refractivity contribution in [3.63, 3.8) is 0 Å². The first-order valence-corrected chi connectivity index (χ1v) is 4.68. The van der Waals surface area contributed by atoms with Gasteiger partial charge in [-0.2, -0.15) is 8.75 Å². The second kappa shape index (κ2) is 5.18. The first-order chi connectivity index (χ1) is 5.84.